The molecular formula is C13H12F3NO. The van der Waals surface area contributed by atoms with Gasteiger partial charge in [-0.25, -0.2) is 0 Å². The average molecular weight is 255 g/mol. The number of hydrogen-bond acceptors (Lipinski definition) is 2. The lowest BCUT2D eigenvalue weighted by Gasteiger charge is -2.21. The molecule has 1 saturated carbocycles. The number of nitriles is 1. The number of benzene rings is 1. The molecule has 0 N–H and O–H groups in total. The molecule has 0 atom stereocenters. The molecule has 0 radical (unpaired) electrons. The lowest BCUT2D eigenvalue weighted by Crippen LogP contribution is -2.20. The molecule has 0 saturated heterocycles. The molecule has 0 amide bonds. The van der Waals surface area contributed by atoms with E-state index in [2.05, 4.69) is 10.8 Å². The molecule has 0 aliphatic heterocycles. The van der Waals surface area contributed by atoms with Crippen molar-refractivity contribution in [2.75, 3.05) is 0 Å². The third-order valence-electron chi connectivity index (χ3n) is 3.31. The van der Waals surface area contributed by atoms with Crippen LogP contribution in [0, 0.1) is 11.3 Å². The lowest BCUT2D eigenvalue weighted by atomic mass is 9.80. The van der Waals surface area contributed by atoms with Gasteiger partial charge in [-0.1, -0.05) is 25.0 Å². The highest BCUT2D eigenvalue weighted by atomic mass is 19.4. The van der Waals surface area contributed by atoms with Gasteiger partial charge in [0, 0.05) is 0 Å². The minimum atomic E-state index is -4.68. The summed E-state index contributed by atoms with van der Waals surface area (Å²) in [4.78, 5) is 0. The van der Waals surface area contributed by atoms with Crippen molar-refractivity contribution in [3.05, 3.63) is 29.8 Å². The molecule has 0 bridgehead atoms. The van der Waals surface area contributed by atoms with E-state index in [0.29, 0.717) is 0 Å². The summed E-state index contributed by atoms with van der Waals surface area (Å²) >= 11 is 0. The van der Waals surface area contributed by atoms with Gasteiger partial charge in [-0.05, 0) is 30.5 Å². The van der Waals surface area contributed by atoms with Gasteiger partial charge < -0.3 is 4.74 Å². The van der Waals surface area contributed by atoms with Crippen LogP contribution in [0.1, 0.15) is 31.2 Å². The second kappa shape index (κ2) is 4.52. The van der Waals surface area contributed by atoms with E-state index in [1.54, 1.807) is 12.1 Å². The third-order valence-corrected chi connectivity index (χ3v) is 3.31. The topological polar surface area (TPSA) is 33.0 Å². The van der Waals surface area contributed by atoms with E-state index in [9.17, 15) is 18.4 Å². The monoisotopic (exact) mass is 255 g/mol. The highest BCUT2D eigenvalue weighted by Crippen LogP contribution is 2.41. The Morgan fingerprint density at radius 1 is 1.11 bits per heavy atom. The first-order valence-corrected chi connectivity index (χ1v) is 5.73. The standard InChI is InChI=1S/C13H12F3NO/c14-13(15,16)18-11-5-3-10(4-6-11)12(9-17)7-1-2-8-12/h3-6H,1-2,7-8H2. The zero-order valence-corrected chi connectivity index (χ0v) is 9.63. The van der Waals surface area contributed by atoms with Crippen LogP contribution in [0.5, 0.6) is 5.75 Å². The number of halogens is 3. The lowest BCUT2D eigenvalue weighted by molar-refractivity contribution is -0.274. The molecule has 5 heteroatoms. The maximum absolute atomic E-state index is 12.0. The number of nitrogens with zero attached hydrogens (tertiary/aromatic N) is 1. The molecule has 2 nitrogen and oxygen atoms in total. The highest BCUT2D eigenvalue weighted by Gasteiger charge is 2.36. The van der Waals surface area contributed by atoms with Gasteiger partial charge in [0.2, 0.25) is 0 Å². The Balaban J connectivity index is 2.20. The molecule has 1 aromatic carbocycles. The van der Waals surface area contributed by atoms with Crippen molar-refractivity contribution in [1.82, 2.24) is 0 Å². The highest BCUT2D eigenvalue weighted by molar-refractivity contribution is 5.37. The van der Waals surface area contributed by atoms with E-state index < -0.39 is 11.8 Å². The minimum absolute atomic E-state index is 0.252. The Labute approximate surface area is 103 Å². The van der Waals surface area contributed by atoms with Crippen molar-refractivity contribution in [3.8, 4) is 11.8 Å². The van der Waals surface area contributed by atoms with Gasteiger partial charge in [-0.3, -0.25) is 0 Å². The summed E-state index contributed by atoms with van der Waals surface area (Å²) in [5.74, 6) is -0.252. The van der Waals surface area contributed by atoms with Gasteiger partial charge in [0.05, 0.1) is 11.5 Å². The summed E-state index contributed by atoms with van der Waals surface area (Å²) in [5.41, 5.74) is 0.244. The molecule has 0 heterocycles. The van der Waals surface area contributed by atoms with Gasteiger partial charge in [-0.15, -0.1) is 13.2 Å². The van der Waals surface area contributed by atoms with Crippen molar-refractivity contribution < 1.29 is 17.9 Å². The quantitative estimate of drug-likeness (QED) is 0.802. The largest absolute Gasteiger partial charge is 0.573 e. The zero-order chi connectivity index (χ0) is 13.2. The molecule has 1 aliphatic rings. The van der Waals surface area contributed by atoms with Gasteiger partial charge in [0.25, 0.3) is 0 Å². The van der Waals surface area contributed by atoms with Crippen LogP contribution in [0.2, 0.25) is 0 Å². The van der Waals surface area contributed by atoms with E-state index in [-0.39, 0.29) is 5.75 Å². The molecule has 0 spiro atoms. The number of alkyl halides is 3. The number of ether oxygens (including phenoxy) is 1. The van der Waals surface area contributed by atoms with Crippen molar-refractivity contribution in [2.45, 2.75) is 37.5 Å². The smallest absolute Gasteiger partial charge is 0.406 e. The number of rotatable bonds is 2. The normalized spacial score (nSPS) is 18.3. The predicted molar refractivity (Wildman–Crippen MR) is 58.9 cm³/mol. The van der Waals surface area contributed by atoms with Gasteiger partial charge in [0.1, 0.15) is 5.75 Å². The Bertz CT molecular complexity index is 453. The Morgan fingerprint density at radius 2 is 1.67 bits per heavy atom. The molecule has 1 aromatic rings. The first kappa shape index (κ1) is 12.7. The fraction of sp³-hybridized carbons (Fsp3) is 0.462. The van der Waals surface area contributed by atoms with Crippen molar-refractivity contribution in [3.63, 3.8) is 0 Å². The summed E-state index contributed by atoms with van der Waals surface area (Å²) < 4.78 is 39.8. The summed E-state index contributed by atoms with van der Waals surface area (Å²) in [6.45, 7) is 0. The van der Waals surface area contributed by atoms with E-state index in [1.807, 2.05) is 0 Å². The molecule has 2 rings (SSSR count). The second-order valence-corrected chi connectivity index (χ2v) is 4.47. The molecular weight excluding hydrogens is 243 g/mol. The maximum Gasteiger partial charge on any atom is 0.573 e. The number of hydrogen-bond donors (Lipinski definition) is 0. The van der Waals surface area contributed by atoms with E-state index >= 15 is 0 Å². The summed E-state index contributed by atoms with van der Waals surface area (Å²) in [6.07, 6.45) is -1.18. The minimum Gasteiger partial charge on any atom is -0.406 e. The van der Waals surface area contributed by atoms with E-state index in [1.165, 1.54) is 12.1 Å². The zero-order valence-electron chi connectivity index (χ0n) is 9.63. The Morgan fingerprint density at radius 3 is 2.11 bits per heavy atom. The first-order valence-electron chi connectivity index (χ1n) is 5.73. The van der Waals surface area contributed by atoms with Crippen LogP contribution in [0.15, 0.2) is 24.3 Å². The first-order chi connectivity index (χ1) is 8.45. The summed E-state index contributed by atoms with van der Waals surface area (Å²) in [7, 11) is 0. The SMILES string of the molecule is N#CC1(c2ccc(OC(F)(F)F)cc2)CCCC1. The van der Waals surface area contributed by atoms with Crippen molar-refractivity contribution in [1.29, 1.82) is 5.26 Å². The maximum atomic E-state index is 12.0. The summed E-state index contributed by atoms with van der Waals surface area (Å²) in [5, 5.41) is 9.26. The fourth-order valence-corrected chi connectivity index (χ4v) is 2.42. The molecule has 1 fully saturated rings. The van der Waals surface area contributed by atoms with Gasteiger partial charge in [0.15, 0.2) is 0 Å². The fourth-order valence-electron chi connectivity index (χ4n) is 2.42. The second-order valence-electron chi connectivity index (χ2n) is 4.47. The van der Waals surface area contributed by atoms with Crippen LogP contribution in [-0.4, -0.2) is 6.36 Å². The average Bonchev–Trinajstić information content (AvgIpc) is 2.77. The Hall–Kier alpha value is -1.70. The van der Waals surface area contributed by atoms with Crippen molar-refractivity contribution >= 4 is 0 Å². The van der Waals surface area contributed by atoms with Crippen LogP contribution in [0.4, 0.5) is 13.2 Å². The van der Waals surface area contributed by atoms with E-state index in [4.69, 9.17) is 0 Å². The van der Waals surface area contributed by atoms with Crippen LogP contribution in [0.3, 0.4) is 0 Å². The summed E-state index contributed by atoms with van der Waals surface area (Å²) in [6, 6.07) is 7.93. The Kier molecular flexibility index (Phi) is 3.20. The third kappa shape index (κ3) is 2.58. The molecule has 18 heavy (non-hydrogen) atoms. The van der Waals surface area contributed by atoms with Gasteiger partial charge in [-0.2, -0.15) is 5.26 Å². The van der Waals surface area contributed by atoms with Gasteiger partial charge >= 0.3 is 6.36 Å². The molecule has 0 aromatic heterocycles. The van der Waals surface area contributed by atoms with Crippen molar-refractivity contribution in [2.24, 2.45) is 0 Å². The van der Waals surface area contributed by atoms with Crippen LogP contribution in [0.25, 0.3) is 0 Å². The molecule has 1 aliphatic carbocycles. The predicted octanol–water partition coefficient (Wildman–Crippen LogP) is 3.92. The molecule has 0 unspecified atom stereocenters. The van der Waals surface area contributed by atoms with Crippen LogP contribution < -0.4 is 4.74 Å². The van der Waals surface area contributed by atoms with E-state index in [0.717, 1.165) is 31.2 Å². The van der Waals surface area contributed by atoms with Crippen LogP contribution in [-0.2, 0) is 5.41 Å². The molecule has 96 valence electrons. The van der Waals surface area contributed by atoms with Crippen LogP contribution >= 0.6 is 0 Å².